The number of halogens is 1. The number of para-hydroxylation sites is 1. The smallest absolute Gasteiger partial charge is 0.244 e. The first-order valence-electron chi connectivity index (χ1n) is 7.86. The number of benzene rings is 2. The van der Waals surface area contributed by atoms with Crippen molar-refractivity contribution in [2.45, 2.75) is 6.54 Å². The third-order valence-electron chi connectivity index (χ3n) is 3.80. The van der Waals surface area contributed by atoms with E-state index in [0.717, 1.165) is 28.2 Å². The number of hydrogen-bond acceptors (Lipinski definition) is 3. The number of carbonyl (C=O) groups excluding carboxylic acids is 1. The van der Waals surface area contributed by atoms with Crippen molar-refractivity contribution in [3.8, 4) is 11.5 Å². The second kappa shape index (κ2) is 7.90. The Bertz CT molecular complexity index is 843. The van der Waals surface area contributed by atoms with Crippen LogP contribution in [0.1, 0.15) is 11.1 Å². The van der Waals surface area contributed by atoms with Crippen LogP contribution in [-0.4, -0.2) is 19.6 Å². The molecule has 0 fully saturated rings. The minimum Gasteiger partial charge on any atom is -0.496 e. The van der Waals surface area contributed by atoms with E-state index >= 15 is 0 Å². The third-order valence-corrected chi connectivity index (χ3v) is 4.04. The highest BCUT2D eigenvalue weighted by molar-refractivity contribution is 6.30. The van der Waals surface area contributed by atoms with Crippen LogP contribution in [0.3, 0.4) is 0 Å². The van der Waals surface area contributed by atoms with Gasteiger partial charge in [-0.25, -0.2) is 0 Å². The lowest BCUT2D eigenvalue weighted by atomic mass is 10.1. The lowest BCUT2D eigenvalue weighted by Crippen LogP contribution is -2.20. The first-order valence-corrected chi connectivity index (χ1v) is 8.24. The van der Waals surface area contributed by atoms with Crippen LogP contribution in [0.15, 0.2) is 60.2 Å². The maximum atomic E-state index is 12.0. The van der Waals surface area contributed by atoms with E-state index in [-0.39, 0.29) is 5.91 Å². The van der Waals surface area contributed by atoms with Crippen LogP contribution in [0, 0.1) is 0 Å². The largest absolute Gasteiger partial charge is 0.496 e. The van der Waals surface area contributed by atoms with Crippen LogP contribution >= 0.6 is 11.6 Å². The number of hydrogen-bond donors (Lipinski definition) is 1. The molecule has 0 unspecified atom stereocenters. The number of amides is 1. The molecule has 2 aromatic rings. The highest BCUT2D eigenvalue weighted by Gasteiger charge is 2.10. The predicted octanol–water partition coefficient (Wildman–Crippen LogP) is 4.00. The van der Waals surface area contributed by atoms with Crippen molar-refractivity contribution in [3.63, 3.8) is 0 Å². The van der Waals surface area contributed by atoms with Crippen molar-refractivity contribution >= 4 is 23.6 Å². The van der Waals surface area contributed by atoms with Gasteiger partial charge in [0.2, 0.25) is 5.91 Å². The molecule has 0 atom stereocenters. The van der Waals surface area contributed by atoms with Gasteiger partial charge in [0.15, 0.2) is 0 Å². The van der Waals surface area contributed by atoms with E-state index in [4.69, 9.17) is 21.1 Å². The number of methoxy groups -OCH3 is 1. The number of nitrogens with one attached hydrogen (secondary N) is 1. The van der Waals surface area contributed by atoms with Crippen LogP contribution in [0.25, 0.3) is 6.08 Å². The molecular weight excluding hydrogens is 338 g/mol. The Balaban J connectivity index is 1.61. The van der Waals surface area contributed by atoms with Crippen molar-refractivity contribution in [1.29, 1.82) is 0 Å². The van der Waals surface area contributed by atoms with Gasteiger partial charge < -0.3 is 14.8 Å². The van der Waals surface area contributed by atoms with E-state index in [9.17, 15) is 4.79 Å². The summed E-state index contributed by atoms with van der Waals surface area (Å²) in [6.07, 6.45) is 5.22. The molecule has 4 nitrogen and oxygen atoms in total. The number of carbonyl (C=O) groups is 1. The third kappa shape index (κ3) is 4.43. The van der Waals surface area contributed by atoms with E-state index in [1.165, 1.54) is 6.08 Å². The van der Waals surface area contributed by atoms with E-state index in [2.05, 4.69) is 5.32 Å². The molecule has 0 saturated carbocycles. The molecule has 5 heteroatoms. The zero-order valence-electron chi connectivity index (χ0n) is 13.8. The molecule has 1 heterocycles. The quantitative estimate of drug-likeness (QED) is 0.825. The fraction of sp³-hybridized carbons (Fsp3) is 0.150. The summed E-state index contributed by atoms with van der Waals surface area (Å²) in [5.41, 5.74) is 2.74. The minimum atomic E-state index is -0.177. The van der Waals surface area contributed by atoms with Crippen molar-refractivity contribution in [1.82, 2.24) is 5.32 Å². The van der Waals surface area contributed by atoms with Gasteiger partial charge in [-0.05, 0) is 35.9 Å². The average Bonchev–Trinajstić information content (AvgIpc) is 2.64. The van der Waals surface area contributed by atoms with Gasteiger partial charge in [0.05, 0.1) is 7.11 Å². The Kier molecular flexibility index (Phi) is 5.41. The summed E-state index contributed by atoms with van der Waals surface area (Å²) < 4.78 is 10.9. The number of rotatable bonds is 5. The molecule has 0 aliphatic carbocycles. The van der Waals surface area contributed by atoms with Gasteiger partial charge in [0.25, 0.3) is 0 Å². The van der Waals surface area contributed by atoms with Gasteiger partial charge in [-0.2, -0.15) is 0 Å². The van der Waals surface area contributed by atoms with Crippen molar-refractivity contribution in [2.24, 2.45) is 0 Å². The Labute approximate surface area is 151 Å². The maximum absolute atomic E-state index is 12.0. The first-order chi connectivity index (χ1) is 12.2. The Morgan fingerprint density at radius 3 is 3.00 bits per heavy atom. The van der Waals surface area contributed by atoms with Crippen molar-refractivity contribution in [2.75, 3.05) is 13.7 Å². The molecule has 25 heavy (non-hydrogen) atoms. The zero-order valence-corrected chi connectivity index (χ0v) is 14.5. The summed E-state index contributed by atoms with van der Waals surface area (Å²) in [6.45, 7) is 0.825. The molecule has 128 valence electrons. The van der Waals surface area contributed by atoms with Gasteiger partial charge in [-0.15, -0.1) is 0 Å². The number of fused-ring (bicyclic) bond motifs is 1. The molecule has 1 amide bonds. The van der Waals surface area contributed by atoms with Crippen LogP contribution in [0.2, 0.25) is 5.02 Å². The maximum Gasteiger partial charge on any atom is 0.244 e. The van der Waals surface area contributed by atoms with Gasteiger partial charge in [0.1, 0.15) is 18.1 Å². The fourth-order valence-electron chi connectivity index (χ4n) is 2.54. The highest BCUT2D eigenvalue weighted by Crippen LogP contribution is 2.29. The average molecular weight is 356 g/mol. The molecule has 0 bridgehead atoms. The van der Waals surface area contributed by atoms with Crippen molar-refractivity contribution < 1.29 is 14.3 Å². The second-order valence-electron chi connectivity index (χ2n) is 5.55. The van der Waals surface area contributed by atoms with Gasteiger partial charge in [0, 0.05) is 28.8 Å². The molecule has 1 aliphatic heterocycles. The fourth-order valence-corrected chi connectivity index (χ4v) is 2.72. The normalized spacial score (nSPS) is 13.0. The van der Waals surface area contributed by atoms with Gasteiger partial charge >= 0.3 is 0 Å². The molecule has 1 aliphatic rings. The predicted molar refractivity (Wildman–Crippen MR) is 98.9 cm³/mol. The lowest BCUT2D eigenvalue weighted by Gasteiger charge is -2.16. The standard InChI is InChI=1S/C20H18ClNO3/c1-24-18-5-3-2-4-15(18)12-22-20(23)9-6-14-10-16-11-17(21)7-8-19(16)25-13-14/h2-11H,12-13H2,1H3,(H,22,23)/b9-6+. The van der Waals surface area contributed by atoms with E-state index in [1.807, 2.05) is 42.5 Å². The van der Waals surface area contributed by atoms with Gasteiger partial charge in [-0.1, -0.05) is 35.9 Å². The molecule has 1 N–H and O–H groups in total. The monoisotopic (exact) mass is 355 g/mol. The van der Waals surface area contributed by atoms with Crippen LogP contribution in [0.4, 0.5) is 0 Å². The first kappa shape index (κ1) is 17.1. The van der Waals surface area contributed by atoms with Crippen LogP contribution in [-0.2, 0) is 11.3 Å². The van der Waals surface area contributed by atoms with Gasteiger partial charge in [-0.3, -0.25) is 4.79 Å². The summed E-state index contributed by atoms with van der Waals surface area (Å²) in [5.74, 6) is 1.37. The van der Waals surface area contributed by atoms with Crippen LogP contribution < -0.4 is 14.8 Å². The number of ether oxygens (including phenoxy) is 2. The zero-order chi connectivity index (χ0) is 17.6. The second-order valence-corrected chi connectivity index (χ2v) is 5.99. The molecule has 2 aromatic carbocycles. The molecule has 0 radical (unpaired) electrons. The Morgan fingerprint density at radius 2 is 2.16 bits per heavy atom. The SMILES string of the molecule is COc1ccccc1CNC(=O)/C=C/C1=Cc2cc(Cl)ccc2OC1. The topological polar surface area (TPSA) is 47.6 Å². The van der Waals surface area contributed by atoms with Crippen LogP contribution in [0.5, 0.6) is 11.5 Å². The minimum absolute atomic E-state index is 0.177. The van der Waals surface area contributed by atoms with E-state index in [1.54, 1.807) is 19.3 Å². The Morgan fingerprint density at radius 1 is 1.32 bits per heavy atom. The summed E-state index contributed by atoms with van der Waals surface area (Å²) >= 11 is 6.00. The highest BCUT2D eigenvalue weighted by atomic mass is 35.5. The molecule has 0 aromatic heterocycles. The Hall–Kier alpha value is -2.72. The molecule has 0 spiro atoms. The van der Waals surface area contributed by atoms with Crippen molar-refractivity contribution in [3.05, 3.63) is 76.3 Å². The summed E-state index contributed by atoms with van der Waals surface area (Å²) in [7, 11) is 1.61. The van der Waals surface area contributed by atoms with E-state index < -0.39 is 0 Å². The van der Waals surface area contributed by atoms with E-state index in [0.29, 0.717) is 18.2 Å². The molecule has 3 rings (SSSR count). The summed E-state index contributed by atoms with van der Waals surface area (Å²) in [5, 5.41) is 3.50. The molecular formula is C20H18ClNO3. The summed E-state index contributed by atoms with van der Waals surface area (Å²) in [4.78, 5) is 12.0. The molecule has 0 saturated heterocycles. The lowest BCUT2D eigenvalue weighted by molar-refractivity contribution is -0.116. The summed E-state index contributed by atoms with van der Waals surface area (Å²) in [6, 6.07) is 13.1.